The zero-order chi connectivity index (χ0) is 22.5. The van der Waals surface area contributed by atoms with E-state index in [1.807, 2.05) is 30.3 Å². The fraction of sp³-hybridized carbons (Fsp3) is 0.333. The molecule has 0 radical (unpaired) electrons. The van der Waals surface area contributed by atoms with Crippen LogP contribution in [0.25, 0.3) is 10.1 Å². The predicted molar refractivity (Wildman–Crippen MR) is 131 cm³/mol. The second kappa shape index (κ2) is 10.4. The molecule has 1 fully saturated rings. The molecule has 3 amide bonds. The van der Waals surface area contributed by atoms with Crippen LogP contribution in [0.15, 0.2) is 52.3 Å². The van der Waals surface area contributed by atoms with E-state index in [4.69, 9.17) is 4.74 Å². The summed E-state index contributed by atoms with van der Waals surface area (Å²) in [4.78, 5) is 27.2. The number of hydrogen-bond acceptors (Lipinski definition) is 4. The average molecular weight is 516 g/mol. The van der Waals surface area contributed by atoms with Crippen LogP contribution in [0.2, 0.25) is 0 Å². The van der Waals surface area contributed by atoms with Gasteiger partial charge >= 0.3 is 6.03 Å². The van der Waals surface area contributed by atoms with Crippen LogP contribution in [0, 0.1) is 0 Å². The molecule has 6 nitrogen and oxygen atoms in total. The number of nitrogens with zero attached hydrogens (tertiary/aromatic N) is 1. The van der Waals surface area contributed by atoms with E-state index in [1.165, 1.54) is 4.70 Å². The third-order valence-electron chi connectivity index (χ3n) is 5.73. The van der Waals surface area contributed by atoms with Crippen LogP contribution in [0.1, 0.15) is 24.0 Å². The number of amides is 3. The number of fused-ring (bicyclic) bond motifs is 1. The van der Waals surface area contributed by atoms with E-state index >= 15 is 0 Å². The number of halogens is 1. The molecule has 1 saturated heterocycles. The maximum Gasteiger partial charge on any atom is 0.318 e. The van der Waals surface area contributed by atoms with Gasteiger partial charge in [-0.25, -0.2) is 4.79 Å². The van der Waals surface area contributed by atoms with Gasteiger partial charge in [-0.3, -0.25) is 4.79 Å². The van der Waals surface area contributed by atoms with Gasteiger partial charge in [0.1, 0.15) is 11.8 Å². The van der Waals surface area contributed by atoms with Gasteiger partial charge in [0.2, 0.25) is 5.91 Å². The van der Waals surface area contributed by atoms with Crippen LogP contribution >= 0.6 is 27.3 Å². The first-order valence-corrected chi connectivity index (χ1v) is 12.3. The lowest BCUT2D eigenvalue weighted by molar-refractivity contribution is -0.124. The molecule has 0 unspecified atom stereocenters. The van der Waals surface area contributed by atoms with E-state index in [1.54, 1.807) is 23.3 Å². The molecular formula is C24H26BrN3O3S. The number of nitrogens with one attached hydrogen (secondary N) is 2. The van der Waals surface area contributed by atoms with Gasteiger partial charge in [-0.2, -0.15) is 0 Å². The molecule has 0 spiro atoms. The minimum atomic E-state index is -0.417. The predicted octanol–water partition coefficient (Wildman–Crippen LogP) is 4.71. The molecule has 168 valence electrons. The van der Waals surface area contributed by atoms with E-state index in [0.29, 0.717) is 26.1 Å². The first-order valence-electron chi connectivity index (χ1n) is 10.7. The summed E-state index contributed by atoms with van der Waals surface area (Å²) >= 11 is 5.17. The zero-order valence-corrected chi connectivity index (χ0v) is 20.3. The molecule has 2 N–H and O–H groups in total. The van der Waals surface area contributed by atoms with Gasteiger partial charge in [0.15, 0.2) is 0 Å². The minimum Gasteiger partial charge on any atom is -0.497 e. The maximum absolute atomic E-state index is 12.8. The number of rotatable bonds is 7. The summed E-state index contributed by atoms with van der Waals surface area (Å²) < 4.78 is 7.37. The Bertz CT molecular complexity index is 1100. The highest BCUT2D eigenvalue weighted by Crippen LogP contribution is 2.29. The number of thiophene rings is 1. The molecule has 0 saturated carbocycles. The van der Waals surface area contributed by atoms with E-state index < -0.39 is 6.04 Å². The molecule has 0 bridgehead atoms. The number of carbonyl (C=O) groups excluding carboxylic acids is 2. The Balaban J connectivity index is 1.29. The topological polar surface area (TPSA) is 70.7 Å². The highest BCUT2D eigenvalue weighted by molar-refractivity contribution is 9.10. The fourth-order valence-electron chi connectivity index (χ4n) is 3.99. The lowest BCUT2D eigenvalue weighted by atomic mass is 10.1. The van der Waals surface area contributed by atoms with Crippen LogP contribution in [0.3, 0.4) is 0 Å². The molecule has 1 atom stereocenters. The molecule has 32 heavy (non-hydrogen) atoms. The van der Waals surface area contributed by atoms with Crippen LogP contribution in [0.4, 0.5) is 4.79 Å². The molecule has 1 aromatic heterocycles. The SMILES string of the molecule is COc1ccc(CCNC(=O)[C@@H]2CCCN2C(=O)NCc2csc3ccc(Br)cc23)cc1. The first-order chi connectivity index (χ1) is 15.5. The normalized spacial score (nSPS) is 15.7. The molecule has 8 heteroatoms. The summed E-state index contributed by atoms with van der Waals surface area (Å²) in [5.41, 5.74) is 2.21. The molecule has 4 rings (SSSR count). The Hall–Kier alpha value is -2.58. The van der Waals surface area contributed by atoms with Crippen molar-refractivity contribution in [2.24, 2.45) is 0 Å². The van der Waals surface area contributed by atoms with Crippen molar-refractivity contribution in [1.82, 2.24) is 15.5 Å². The second-order valence-corrected chi connectivity index (χ2v) is 9.63. The van der Waals surface area contributed by atoms with Gasteiger partial charge < -0.3 is 20.3 Å². The van der Waals surface area contributed by atoms with Gasteiger partial charge in [0, 0.05) is 28.8 Å². The summed E-state index contributed by atoms with van der Waals surface area (Å²) in [6.07, 6.45) is 2.25. The van der Waals surface area contributed by atoms with Crippen LogP contribution in [0.5, 0.6) is 5.75 Å². The maximum atomic E-state index is 12.8. The molecule has 2 aromatic carbocycles. The van der Waals surface area contributed by atoms with E-state index in [2.05, 4.69) is 44.1 Å². The van der Waals surface area contributed by atoms with Crippen molar-refractivity contribution in [3.8, 4) is 5.75 Å². The second-order valence-electron chi connectivity index (χ2n) is 7.80. The van der Waals surface area contributed by atoms with Gasteiger partial charge in [0.25, 0.3) is 0 Å². The van der Waals surface area contributed by atoms with Crippen LogP contribution in [-0.2, 0) is 17.8 Å². The van der Waals surface area contributed by atoms with Crippen molar-refractivity contribution in [3.63, 3.8) is 0 Å². The summed E-state index contributed by atoms with van der Waals surface area (Å²) in [5.74, 6) is 0.726. The van der Waals surface area contributed by atoms with E-state index in [0.717, 1.165) is 39.6 Å². The van der Waals surface area contributed by atoms with Gasteiger partial charge in [-0.05, 0) is 71.5 Å². The lowest BCUT2D eigenvalue weighted by Crippen LogP contribution is -2.49. The largest absolute Gasteiger partial charge is 0.497 e. The number of methoxy groups -OCH3 is 1. The summed E-state index contributed by atoms with van der Waals surface area (Å²) in [6.45, 7) is 1.57. The van der Waals surface area contributed by atoms with Gasteiger partial charge in [0.05, 0.1) is 7.11 Å². The Kier molecular flexibility index (Phi) is 7.32. The highest BCUT2D eigenvalue weighted by atomic mass is 79.9. The zero-order valence-electron chi connectivity index (χ0n) is 17.9. The first kappa shape index (κ1) is 22.6. The van der Waals surface area contributed by atoms with Crippen molar-refractivity contribution >= 4 is 49.3 Å². The molecular weight excluding hydrogens is 490 g/mol. The molecule has 1 aliphatic rings. The number of hydrogen-bond donors (Lipinski definition) is 2. The number of likely N-dealkylation sites (tertiary alicyclic amines) is 1. The fourth-order valence-corrected chi connectivity index (χ4v) is 5.29. The summed E-state index contributed by atoms with van der Waals surface area (Å²) in [6, 6.07) is 13.4. The number of ether oxygens (including phenoxy) is 1. The average Bonchev–Trinajstić information content (AvgIpc) is 3.45. The van der Waals surface area contributed by atoms with Crippen molar-refractivity contribution in [1.29, 1.82) is 0 Å². The minimum absolute atomic E-state index is 0.0870. The van der Waals surface area contributed by atoms with E-state index in [-0.39, 0.29) is 11.9 Å². The number of carbonyl (C=O) groups is 2. The van der Waals surface area contributed by atoms with E-state index in [9.17, 15) is 9.59 Å². The van der Waals surface area contributed by atoms with Crippen molar-refractivity contribution in [2.45, 2.75) is 31.8 Å². The quantitative estimate of drug-likeness (QED) is 0.478. The van der Waals surface area contributed by atoms with Crippen LogP contribution in [-0.4, -0.2) is 43.1 Å². The lowest BCUT2D eigenvalue weighted by Gasteiger charge is -2.24. The van der Waals surface area contributed by atoms with Crippen molar-refractivity contribution in [3.05, 3.63) is 63.4 Å². The van der Waals surface area contributed by atoms with Crippen molar-refractivity contribution < 1.29 is 14.3 Å². The Morgan fingerprint density at radius 3 is 2.78 bits per heavy atom. The van der Waals surface area contributed by atoms with Crippen LogP contribution < -0.4 is 15.4 Å². The molecule has 3 aromatic rings. The molecule has 0 aliphatic carbocycles. The third kappa shape index (κ3) is 5.24. The Labute approximate surface area is 200 Å². The van der Waals surface area contributed by atoms with Crippen molar-refractivity contribution in [2.75, 3.05) is 20.2 Å². The van der Waals surface area contributed by atoms with Gasteiger partial charge in [-0.1, -0.05) is 28.1 Å². The highest BCUT2D eigenvalue weighted by Gasteiger charge is 2.33. The Morgan fingerprint density at radius 2 is 2.00 bits per heavy atom. The number of benzene rings is 2. The van der Waals surface area contributed by atoms with Gasteiger partial charge in [-0.15, -0.1) is 11.3 Å². The standard InChI is InChI=1S/C24H26BrN3O3S/c1-31-19-7-4-16(5-8-19)10-11-26-23(29)21-3-2-12-28(21)24(30)27-14-17-15-32-22-9-6-18(25)13-20(17)22/h4-9,13,15,21H,2-3,10-12,14H2,1H3,(H,26,29)(H,27,30)/t21-/m0/s1. The monoisotopic (exact) mass is 515 g/mol. The third-order valence-corrected chi connectivity index (χ3v) is 7.24. The summed E-state index contributed by atoms with van der Waals surface area (Å²) in [5, 5.41) is 9.21. The molecule has 2 heterocycles. The molecule has 1 aliphatic heterocycles. The number of urea groups is 1. The smallest absolute Gasteiger partial charge is 0.318 e. The summed E-state index contributed by atoms with van der Waals surface area (Å²) in [7, 11) is 1.64. The Morgan fingerprint density at radius 1 is 1.19 bits per heavy atom.